The number of barbiturate groups is 1. The Morgan fingerprint density at radius 3 is 2.47 bits per heavy atom. The van der Waals surface area contributed by atoms with Gasteiger partial charge in [-0.25, -0.2) is 9.69 Å². The number of amides is 4. The number of urea groups is 1. The van der Waals surface area contributed by atoms with Gasteiger partial charge in [0.25, 0.3) is 11.8 Å². The topological polar surface area (TPSA) is 94.2 Å². The third-order valence-electron chi connectivity index (χ3n) is 4.30. The van der Waals surface area contributed by atoms with Crippen LogP contribution in [0, 0.1) is 0 Å². The van der Waals surface area contributed by atoms with E-state index in [4.69, 9.17) is 25.8 Å². The number of nitrogens with zero attached hydrogens (tertiary/aromatic N) is 1. The van der Waals surface area contributed by atoms with Crippen LogP contribution in [-0.2, 0) is 9.59 Å². The molecule has 0 atom stereocenters. The van der Waals surface area contributed by atoms with Gasteiger partial charge in [-0.2, -0.15) is 0 Å². The molecule has 1 heterocycles. The molecule has 0 spiro atoms. The monoisotopic (exact) mass is 430 g/mol. The summed E-state index contributed by atoms with van der Waals surface area (Å²) in [7, 11) is 2.88. The summed E-state index contributed by atoms with van der Waals surface area (Å²) in [6.07, 6.45) is 1.34. The minimum Gasteiger partial charge on any atom is -0.497 e. The highest BCUT2D eigenvalue weighted by Crippen LogP contribution is 2.35. The fraction of sp³-hybridized carbons (Fsp3) is 0.190. The number of rotatable bonds is 6. The van der Waals surface area contributed by atoms with Crippen molar-refractivity contribution >= 4 is 41.2 Å². The van der Waals surface area contributed by atoms with E-state index in [1.807, 2.05) is 0 Å². The molecule has 0 unspecified atom stereocenters. The van der Waals surface area contributed by atoms with E-state index < -0.39 is 17.8 Å². The SMILES string of the molecule is CCOc1ccc(Cl)cc1/C=C1\C(=O)NC(=O)N(c2ccc(OC)cc2OC)C1=O. The molecule has 2 aromatic rings. The molecule has 3 rings (SSSR count). The first kappa shape index (κ1) is 21.2. The molecule has 1 N–H and O–H groups in total. The number of ether oxygens (including phenoxy) is 3. The van der Waals surface area contributed by atoms with Gasteiger partial charge < -0.3 is 14.2 Å². The molecular weight excluding hydrogens is 412 g/mol. The van der Waals surface area contributed by atoms with E-state index in [-0.39, 0.29) is 17.0 Å². The molecule has 30 heavy (non-hydrogen) atoms. The van der Waals surface area contributed by atoms with Crippen LogP contribution < -0.4 is 24.4 Å². The molecule has 4 amide bonds. The number of methoxy groups -OCH3 is 2. The molecule has 9 heteroatoms. The first-order chi connectivity index (χ1) is 14.4. The molecular formula is C21H19ClN2O6. The van der Waals surface area contributed by atoms with Crippen LogP contribution in [0.25, 0.3) is 6.08 Å². The predicted octanol–water partition coefficient (Wildman–Crippen LogP) is 3.42. The van der Waals surface area contributed by atoms with Crippen LogP contribution in [0.5, 0.6) is 17.2 Å². The van der Waals surface area contributed by atoms with Gasteiger partial charge in [-0.05, 0) is 43.3 Å². The molecule has 2 aromatic carbocycles. The van der Waals surface area contributed by atoms with Crippen molar-refractivity contribution in [1.29, 1.82) is 0 Å². The summed E-state index contributed by atoms with van der Waals surface area (Å²) in [6.45, 7) is 2.19. The average Bonchev–Trinajstić information content (AvgIpc) is 2.73. The van der Waals surface area contributed by atoms with E-state index in [1.54, 1.807) is 31.2 Å². The van der Waals surface area contributed by atoms with Crippen LogP contribution in [0.2, 0.25) is 5.02 Å². The molecule has 0 saturated carbocycles. The standard InChI is InChI=1S/C21H19ClN2O6/c1-4-30-17-8-5-13(22)9-12(17)10-15-19(25)23-21(27)24(20(15)26)16-7-6-14(28-2)11-18(16)29-3/h5-11H,4H2,1-3H3,(H,23,25,27)/b15-10+. The molecule has 1 aliphatic heterocycles. The zero-order valence-electron chi connectivity index (χ0n) is 16.5. The maximum Gasteiger partial charge on any atom is 0.336 e. The van der Waals surface area contributed by atoms with Gasteiger partial charge in [0.15, 0.2) is 0 Å². The summed E-state index contributed by atoms with van der Waals surface area (Å²) in [5.74, 6) is -0.483. The number of nitrogens with one attached hydrogen (secondary N) is 1. The molecule has 1 saturated heterocycles. The van der Waals surface area contributed by atoms with Crippen LogP contribution in [0.15, 0.2) is 42.0 Å². The number of halogens is 1. The Balaban J connectivity index is 2.08. The summed E-state index contributed by atoms with van der Waals surface area (Å²) in [4.78, 5) is 38.9. The summed E-state index contributed by atoms with van der Waals surface area (Å²) in [6, 6.07) is 8.54. The van der Waals surface area contributed by atoms with Crippen molar-refractivity contribution in [1.82, 2.24) is 5.32 Å². The Labute approximate surface area is 178 Å². The van der Waals surface area contributed by atoms with Gasteiger partial charge in [0, 0.05) is 16.7 Å². The first-order valence-electron chi connectivity index (χ1n) is 8.95. The molecule has 156 valence electrons. The average molecular weight is 431 g/mol. The van der Waals surface area contributed by atoms with E-state index in [2.05, 4.69) is 5.32 Å². The number of carbonyl (C=O) groups excluding carboxylic acids is 3. The number of hydrogen-bond acceptors (Lipinski definition) is 6. The Morgan fingerprint density at radius 2 is 1.80 bits per heavy atom. The third kappa shape index (κ3) is 4.08. The highest BCUT2D eigenvalue weighted by Gasteiger charge is 2.38. The van der Waals surface area contributed by atoms with Crippen molar-refractivity contribution in [2.75, 3.05) is 25.7 Å². The van der Waals surface area contributed by atoms with Gasteiger partial charge in [0.2, 0.25) is 0 Å². The lowest BCUT2D eigenvalue weighted by atomic mass is 10.1. The van der Waals surface area contributed by atoms with E-state index in [0.29, 0.717) is 28.7 Å². The molecule has 1 fully saturated rings. The predicted molar refractivity (Wildman–Crippen MR) is 111 cm³/mol. The molecule has 0 radical (unpaired) electrons. The van der Waals surface area contributed by atoms with Gasteiger partial charge in [-0.15, -0.1) is 0 Å². The zero-order valence-corrected chi connectivity index (χ0v) is 17.3. The van der Waals surface area contributed by atoms with E-state index in [0.717, 1.165) is 4.90 Å². The summed E-state index contributed by atoms with van der Waals surface area (Å²) < 4.78 is 16.0. The van der Waals surface area contributed by atoms with Gasteiger partial charge in [-0.1, -0.05) is 11.6 Å². The minimum absolute atomic E-state index is 0.162. The number of benzene rings is 2. The molecule has 0 aliphatic carbocycles. The van der Waals surface area contributed by atoms with Crippen molar-refractivity contribution in [2.24, 2.45) is 0 Å². The second kappa shape index (κ2) is 8.87. The largest absolute Gasteiger partial charge is 0.497 e. The maximum atomic E-state index is 13.1. The van der Waals surface area contributed by atoms with Gasteiger partial charge in [0.1, 0.15) is 22.8 Å². The molecule has 0 aromatic heterocycles. The Kier molecular flexibility index (Phi) is 6.27. The fourth-order valence-electron chi connectivity index (χ4n) is 2.92. The third-order valence-corrected chi connectivity index (χ3v) is 4.54. The molecule has 1 aliphatic rings. The Bertz CT molecular complexity index is 1050. The highest BCUT2D eigenvalue weighted by atomic mass is 35.5. The van der Waals surface area contributed by atoms with Crippen LogP contribution in [0.3, 0.4) is 0 Å². The van der Waals surface area contributed by atoms with Crippen molar-refractivity contribution in [3.05, 3.63) is 52.6 Å². The summed E-state index contributed by atoms with van der Waals surface area (Å²) >= 11 is 6.06. The normalized spacial score (nSPS) is 15.3. The van der Waals surface area contributed by atoms with Crippen molar-refractivity contribution in [3.8, 4) is 17.2 Å². The summed E-state index contributed by atoms with van der Waals surface area (Å²) in [5.41, 5.74) is 0.338. The van der Waals surface area contributed by atoms with E-state index >= 15 is 0 Å². The maximum absolute atomic E-state index is 13.1. The first-order valence-corrected chi connectivity index (χ1v) is 9.33. The quantitative estimate of drug-likeness (QED) is 0.557. The Hall–Kier alpha value is -3.52. The van der Waals surface area contributed by atoms with Crippen LogP contribution >= 0.6 is 11.6 Å². The van der Waals surface area contributed by atoms with Gasteiger partial charge >= 0.3 is 6.03 Å². The highest BCUT2D eigenvalue weighted by molar-refractivity contribution is 6.39. The smallest absolute Gasteiger partial charge is 0.336 e. The second-order valence-corrected chi connectivity index (χ2v) is 6.55. The van der Waals surface area contributed by atoms with Gasteiger partial charge in [-0.3, -0.25) is 14.9 Å². The van der Waals surface area contributed by atoms with Crippen molar-refractivity contribution in [3.63, 3.8) is 0 Å². The number of carbonyl (C=O) groups is 3. The van der Waals surface area contributed by atoms with Crippen LogP contribution in [0.4, 0.5) is 10.5 Å². The fourth-order valence-corrected chi connectivity index (χ4v) is 3.10. The van der Waals surface area contributed by atoms with Gasteiger partial charge in [0.05, 0.1) is 26.5 Å². The lowest BCUT2D eigenvalue weighted by molar-refractivity contribution is -0.122. The second-order valence-electron chi connectivity index (χ2n) is 6.11. The van der Waals surface area contributed by atoms with Crippen molar-refractivity contribution < 1.29 is 28.6 Å². The Morgan fingerprint density at radius 1 is 1.03 bits per heavy atom. The number of anilines is 1. The van der Waals surface area contributed by atoms with E-state index in [1.165, 1.54) is 32.4 Å². The van der Waals surface area contributed by atoms with E-state index in [9.17, 15) is 14.4 Å². The molecule has 8 nitrogen and oxygen atoms in total. The zero-order chi connectivity index (χ0) is 21.8. The van der Waals surface area contributed by atoms with Crippen molar-refractivity contribution in [2.45, 2.75) is 6.92 Å². The van der Waals surface area contributed by atoms with Crippen LogP contribution in [0.1, 0.15) is 12.5 Å². The lowest BCUT2D eigenvalue weighted by Gasteiger charge is -2.27. The summed E-state index contributed by atoms with van der Waals surface area (Å²) in [5, 5.41) is 2.57. The lowest BCUT2D eigenvalue weighted by Crippen LogP contribution is -2.54. The minimum atomic E-state index is -0.887. The molecule has 0 bridgehead atoms. The van der Waals surface area contributed by atoms with Crippen LogP contribution in [-0.4, -0.2) is 38.7 Å². The number of hydrogen-bond donors (Lipinski definition) is 1. The number of imide groups is 2.